The second kappa shape index (κ2) is 4.69. The van der Waals surface area contributed by atoms with Crippen LogP contribution < -0.4 is 5.73 Å². The third-order valence-corrected chi connectivity index (χ3v) is 3.13. The van der Waals surface area contributed by atoms with Gasteiger partial charge in [0.1, 0.15) is 5.41 Å². The van der Waals surface area contributed by atoms with E-state index in [0.717, 1.165) is 12.8 Å². The normalized spacial score (nSPS) is 22.6. The maximum absolute atomic E-state index is 12.2. The standard InChI is InChI=1S/C10H19N3O3/c1-10(2,8(11)12-16)9(15)13-5-3-4-7(13)6-14/h7,14,16H,3-6H2,1-2H3,(H2,11,12). The van der Waals surface area contributed by atoms with Gasteiger partial charge in [-0.3, -0.25) is 4.79 Å². The lowest BCUT2D eigenvalue weighted by Gasteiger charge is -2.31. The van der Waals surface area contributed by atoms with E-state index in [1.54, 1.807) is 18.7 Å². The largest absolute Gasteiger partial charge is 0.409 e. The van der Waals surface area contributed by atoms with Gasteiger partial charge in [-0.25, -0.2) is 0 Å². The highest BCUT2D eigenvalue weighted by atomic mass is 16.4. The molecule has 6 heteroatoms. The fourth-order valence-electron chi connectivity index (χ4n) is 1.89. The maximum Gasteiger partial charge on any atom is 0.236 e. The molecule has 1 amide bonds. The highest BCUT2D eigenvalue weighted by Crippen LogP contribution is 2.25. The first-order valence-electron chi connectivity index (χ1n) is 5.35. The zero-order valence-electron chi connectivity index (χ0n) is 9.68. The number of amides is 1. The number of oxime groups is 1. The fourth-order valence-corrected chi connectivity index (χ4v) is 1.89. The SMILES string of the molecule is CC(C)(C(=O)N1CCCC1CO)C(N)=NO. The van der Waals surface area contributed by atoms with E-state index in [-0.39, 0.29) is 24.4 Å². The Kier molecular flexibility index (Phi) is 3.74. The number of amidine groups is 1. The minimum Gasteiger partial charge on any atom is -0.409 e. The van der Waals surface area contributed by atoms with Crippen LogP contribution in [0.3, 0.4) is 0 Å². The molecule has 0 radical (unpaired) electrons. The van der Waals surface area contributed by atoms with Gasteiger partial charge >= 0.3 is 0 Å². The van der Waals surface area contributed by atoms with E-state index in [4.69, 9.17) is 16.0 Å². The molecule has 1 atom stereocenters. The van der Waals surface area contributed by atoms with Crippen molar-refractivity contribution in [3.05, 3.63) is 0 Å². The van der Waals surface area contributed by atoms with E-state index in [0.29, 0.717) is 6.54 Å². The molecule has 0 spiro atoms. The predicted octanol–water partition coefficient (Wildman–Crippen LogP) is -0.258. The number of rotatable bonds is 3. The number of aliphatic hydroxyl groups is 1. The first-order chi connectivity index (χ1) is 7.45. The van der Waals surface area contributed by atoms with Crippen molar-refractivity contribution in [2.24, 2.45) is 16.3 Å². The quantitative estimate of drug-likeness (QED) is 0.269. The Bertz CT molecular complexity index is 302. The number of carbonyl (C=O) groups is 1. The Morgan fingerprint density at radius 1 is 1.62 bits per heavy atom. The molecule has 0 bridgehead atoms. The number of likely N-dealkylation sites (tertiary alicyclic amines) is 1. The van der Waals surface area contributed by atoms with Crippen molar-refractivity contribution in [1.82, 2.24) is 4.90 Å². The summed E-state index contributed by atoms with van der Waals surface area (Å²) in [5.74, 6) is -0.319. The van der Waals surface area contributed by atoms with Crippen molar-refractivity contribution in [3.63, 3.8) is 0 Å². The molecule has 0 aliphatic carbocycles. The average Bonchev–Trinajstić information content (AvgIpc) is 2.74. The van der Waals surface area contributed by atoms with Gasteiger partial charge in [0.05, 0.1) is 12.6 Å². The molecule has 0 saturated carbocycles. The second-order valence-electron chi connectivity index (χ2n) is 4.59. The van der Waals surface area contributed by atoms with E-state index in [1.165, 1.54) is 0 Å². The molecule has 0 aromatic carbocycles. The summed E-state index contributed by atoms with van der Waals surface area (Å²) in [7, 11) is 0. The number of carbonyl (C=O) groups excluding carboxylic acids is 1. The summed E-state index contributed by atoms with van der Waals surface area (Å²) in [6.45, 7) is 3.79. The second-order valence-corrected chi connectivity index (χ2v) is 4.59. The number of aliphatic hydroxyl groups excluding tert-OH is 1. The zero-order valence-corrected chi connectivity index (χ0v) is 9.68. The first kappa shape index (κ1) is 12.8. The van der Waals surface area contributed by atoms with Crippen LogP contribution in [0.5, 0.6) is 0 Å². The van der Waals surface area contributed by atoms with Crippen molar-refractivity contribution >= 4 is 11.7 Å². The molecule has 1 rings (SSSR count). The molecule has 1 aliphatic rings. The molecule has 1 saturated heterocycles. The summed E-state index contributed by atoms with van der Waals surface area (Å²) >= 11 is 0. The van der Waals surface area contributed by atoms with Gasteiger partial charge in [0.15, 0.2) is 5.84 Å². The van der Waals surface area contributed by atoms with Gasteiger partial charge in [-0.05, 0) is 26.7 Å². The Hall–Kier alpha value is -1.30. The predicted molar refractivity (Wildman–Crippen MR) is 59.0 cm³/mol. The van der Waals surface area contributed by atoms with Crippen molar-refractivity contribution in [3.8, 4) is 0 Å². The summed E-state index contributed by atoms with van der Waals surface area (Å²) < 4.78 is 0. The van der Waals surface area contributed by atoms with Crippen LogP contribution in [0, 0.1) is 5.41 Å². The monoisotopic (exact) mass is 229 g/mol. The van der Waals surface area contributed by atoms with E-state index in [9.17, 15) is 4.79 Å². The van der Waals surface area contributed by atoms with Gasteiger partial charge in [-0.1, -0.05) is 5.16 Å². The lowest BCUT2D eigenvalue weighted by molar-refractivity contribution is -0.138. The molecule has 92 valence electrons. The summed E-state index contributed by atoms with van der Waals surface area (Å²) in [6.07, 6.45) is 1.68. The molecular formula is C10H19N3O3. The van der Waals surface area contributed by atoms with Crippen LogP contribution >= 0.6 is 0 Å². The van der Waals surface area contributed by atoms with E-state index in [1.807, 2.05) is 0 Å². The minimum absolute atomic E-state index is 0.0437. The average molecular weight is 229 g/mol. The Morgan fingerprint density at radius 2 is 2.25 bits per heavy atom. The highest BCUT2D eigenvalue weighted by molar-refractivity contribution is 6.06. The van der Waals surface area contributed by atoms with Gasteiger partial charge in [-0.15, -0.1) is 0 Å². The summed E-state index contributed by atoms with van der Waals surface area (Å²) in [4.78, 5) is 13.8. The minimum atomic E-state index is -1.04. The van der Waals surface area contributed by atoms with Crippen LogP contribution in [0.2, 0.25) is 0 Å². The van der Waals surface area contributed by atoms with E-state index in [2.05, 4.69) is 5.16 Å². The van der Waals surface area contributed by atoms with Crippen LogP contribution in [-0.2, 0) is 4.79 Å². The molecule has 1 fully saturated rings. The van der Waals surface area contributed by atoms with Crippen LogP contribution in [0.25, 0.3) is 0 Å². The van der Waals surface area contributed by atoms with Crippen molar-refractivity contribution in [2.75, 3.05) is 13.2 Å². The van der Waals surface area contributed by atoms with E-state index >= 15 is 0 Å². The van der Waals surface area contributed by atoms with Crippen molar-refractivity contribution < 1.29 is 15.1 Å². The molecule has 6 nitrogen and oxygen atoms in total. The molecule has 4 N–H and O–H groups in total. The van der Waals surface area contributed by atoms with Gasteiger partial charge < -0.3 is 20.9 Å². The van der Waals surface area contributed by atoms with Gasteiger partial charge in [0, 0.05) is 6.54 Å². The number of nitrogens with two attached hydrogens (primary N) is 1. The topological polar surface area (TPSA) is 99.2 Å². The summed E-state index contributed by atoms with van der Waals surface area (Å²) in [6, 6.07) is -0.140. The maximum atomic E-state index is 12.2. The van der Waals surface area contributed by atoms with Crippen LogP contribution in [-0.4, -0.2) is 46.1 Å². The Morgan fingerprint density at radius 3 is 2.75 bits per heavy atom. The van der Waals surface area contributed by atoms with Crippen LogP contribution in [0.15, 0.2) is 5.16 Å². The smallest absolute Gasteiger partial charge is 0.236 e. The molecule has 1 aliphatic heterocycles. The molecular weight excluding hydrogens is 210 g/mol. The van der Waals surface area contributed by atoms with Crippen molar-refractivity contribution in [2.45, 2.75) is 32.7 Å². The fraction of sp³-hybridized carbons (Fsp3) is 0.800. The molecule has 1 unspecified atom stereocenters. The molecule has 0 aromatic heterocycles. The first-order valence-corrected chi connectivity index (χ1v) is 5.35. The van der Waals surface area contributed by atoms with Gasteiger partial charge in [0.25, 0.3) is 0 Å². The zero-order chi connectivity index (χ0) is 12.3. The highest BCUT2D eigenvalue weighted by Gasteiger charge is 2.40. The Balaban J connectivity index is 2.85. The van der Waals surface area contributed by atoms with Crippen LogP contribution in [0.1, 0.15) is 26.7 Å². The lowest BCUT2D eigenvalue weighted by atomic mass is 9.90. The van der Waals surface area contributed by atoms with Crippen LogP contribution in [0.4, 0.5) is 0 Å². The number of nitrogens with zero attached hydrogens (tertiary/aromatic N) is 2. The third-order valence-electron chi connectivity index (χ3n) is 3.13. The molecule has 1 heterocycles. The number of hydrogen-bond donors (Lipinski definition) is 3. The lowest BCUT2D eigenvalue weighted by Crippen LogP contribution is -2.50. The molecule has 0 aromatic rings. The molecule has 16 heavy (non-hydrogen) atoms. The Labute approximate surface area is 94.7 Å². The number of hydrogen-bond acceptors (Lipinski definition) is 4. The summed E-state index contributed by atoms with van der Waals surface area (Å²) in [5.41, 5.74) is 4.46. The van der Waals surface area contributed by atoms with E-state index < -0.39 is 5.41 Å². The van der Waals surface area contributed by atoms with Gasteiger partial charge in [0.2, 0.25) is 5.91 Å². The third kappa shape index (κ3) is 2.11. The van der Waals surface area contributed by atoms with Gasteiger partial charge in [-0.2, -0.15) is 0 Å². The van der Waals surface area contributed by atoms with Crippen molar-refractivity contribution in [1.29, 1.82) is 0 Å². The summed E-state index contributed by atoms with van der Waals surface area (Å²) in [5, 5.41) is 20.7.